The molecule has 2 aliphatic heterocycles. The van der Waals surface area contributed by atoms with Gasteiger partial charge in [0.2, 0.25) is 5.88 Å². The first-order valence-electron chi connectivity index (χ1n) is 10.8. The fraction of sp³-hybridized carbons (Fsp3) is 0.240. The van der Waals surface area contributed by atoms with Gasteiger partial charge in [-0.3, -0.25) is 15.7 Å². The second-order valence-electron chi connectivity index (χ2n) is 8.28. The van der Waals surface area contributed by atoms with Crippen molar-refractivity contribution in [1.29, 1.82) is 0 Å². The lowest BCUT2D eigenvalue weighted by atomic mass is 9.90. The SMILES string of the molecule is Cc1ccc(C2CC(c3ccccn3)NC3C(N=Nc4ccccc4)=C(O)NN32)c(C)c1. The Labute approximate surface area is 187 Å². The van der Waals surface area contributed by atoms with E-state index in [1.807, 2.05) is 59.7 Å². The molecule has 0 aliphatic carbocycles. The first-order chi connectivity index (χ1) is 15.6. The van der Waals surface area contributed by atoms with E-state index in [0.717, 1.165) is 17.8 Å². The molecule has 0 spiro atoms. The number of benzene rings is 2. The van der Waals surface area contributed by atoms with E-state index < -0.39 is 0 Å². The summed E-state index contributed by atoms with van der Waals surface area (Å²) in [4.78, 5) is 4.58. The van der Waals surface area contributed by atoms with Crippen LogP contribution in [0, 0.1) is 13.8 Å². The average molecular weight is 427 g/mol. The van der Waals surface area contributed by atoms with Crippen LogP contribution in [0.2, 0.25) is 0 Å². The number of nitrogens with one attached hydrogen (secondary N) is 2. The summed E-state index contributed by atoms with van der Waals surface area (Å²) in [6.45, 7) is 4.23. The predicted octanol–water partition coefficient (Wildman–Crippen LogP) is 5.13. The Balaban J connectivity index is 1.52. The fourth-order valence-corrected chi connectivity index (χ4v) is 4.49. The van der Waals surface area contributed by atoms with Gasteiger partial charge in [-0.2, -0.15) is 10.1 Å². The van der Waals surface area contributed by atoms with Crippen LogP contribution in [0.5, 0.6) is 0 Å². The monoisotopic (exact) mass is 426 g/mol. The predicted molar refractivity (Wildman–Crippen MR) is 123 cm³/mol. The summed E-state index contributed by atoms with van der Waals surface area (Å²) in [7, 11) is 0. The number of aliphatic hydroxyl groups is 1. The van der Waals surface area contributed by atoms with Crippen molar-refractivity contribution in [2.45, 2.75) is 38.5 Å². The van der Waals surface area contributed by atoms with Crippen LogP contribution in [-0.2, 0) is 0 Å². The zero-order chi connectivity index (χ0) is 22.1. The van der Waals surface area contributed by atoms with Crippen molar-refractivity contribution in [3.8, 4) is 0 Å². The van der Waals surface area contributed by atoms with Crippen LogP contribution in [0.15, 0.2) is 94.7 Å². The van der Waals surface area contributed by atoms with Gasteiger partial charge in [0.05, 0.1) is 23.5 Å². The highest BCUT2D eigenvalue weighted by molar-refractivity contribution is 5.37. The van der Waals surface area contributed by atoms with Gasteiger partial charge in [0.1, 0.15) is 6.17 Å². The molecule has 1 saturated heterocycles. The maximum Gasteiger partial charge on any atom is 0.226 e. The summed E-state index contributed by atoms with van der Waals surface area (Å²) in [6.07, 6.45) is 2.25. The number of pyridine rings is 1. The number of nitrogens with zero attached hydrogens (tertiary/aromatic N) is 4. The molecule has 3 N–H and O–H groups in total. The summed E-state index contributed by atoms with van der Waals surface area (Å²) in [5.74, 6) is 0.0126. The van der Waals surface area contributed by atoms with Gasteiger partial charge in [-0.15, -0.1) is 5.11 Å². The molecule has 0 bridgehead atoms. The molecule has 1 aromatic heterocycles. The normalized spacial score (nSPS) is 23.4. The molecular formula is C25H26N6O. The Morgan fingerprint density at radius 1 is 1.00 bits per heavy atom. The van der Waals surface area contributed by atoms with E-state index in [1.54, 1.807) is 0 Å². The highest BCUT2D eigenvalue weighted by Gasteiger charge is 2.45. The van der Waals surface area contributed by atoms with E-state index >= 15 is 0 Å². The zero-order valence-electron chi connectivity index (χ0n) is 18.1. The maximum absolute atomic E-state index is 10.8. The van der Waals surface area contributed by atoms with E-state index in [2.05, 4.69) is 58.0 Å². The van der Waals surface area contributed by atoms with Crippen LogP contribution in [0.25, 0.3) is 0 Å². The molecule has 3 aromatic rings. The molecule has 0 saturated carbocycles. The van der Waals surface area contributed by atoms with Gasteiger partial charge in [0, 0.05) is 6.20 Å². The Morgan fingerprint density at radius 2 is 1.81 bits per heavy atom. The third kappa shape index (κ3) is 3.88. The fourth-order valence-electron chi connectivity index (χ4n) is 4.49. The number of aromatic nitrogens is 1. The van der Waals surface area contributed by atoms with Crippen LogP contribution in [0.4, 0.5) is 5.69 Å². The minimum atomic E-state index is -0.353. The maximum atomic E-state index is 10.8. The average Bonchev–Trinajstić information content (AvgIpc) is 3.13. The van der Waals surface area contributed by atoms with Gasteiger partial charge < -0.3 is 5.11 Å². The van der Waals surface area contributed by atoms with E-state index in [1.165, 1.54) is 16.7 Å². The van der Waals surface area contributed by atoms with Crippen LogP contribution in [0.3, 0.4) is 0 Å². The minimum absolute atomic E-state index is 0.00206. The zero-order valence-corrected chi connectivity index (χ0v) is 18.1. The van der Waals surface area contributed by atoms with E-state index in [0.29, 0.717) is 5.70 Å². The lowest BCUT2D eigenvalue weighted by Crippen LogP contribution is -2.55. The number of azo groups is 1. The van der Waals surface area contributed by atoms with Crippen molar-refractivity contribution < 1.29 is 5.11 Å². The smallest absolute Gasteiger partial charge is 0.226 e. The molecule has 2 aromatic carbocycles. The van der Waals surface area contributed by atoms with Crippen LogP contribution in [0.1, 0.15) is 40.9 Å². The van der Waals surface area contributed by atoms with Gasteiger partial charge in [-0.1, -0.05) is 48.0 Å². The van der Waals surface area contributed by atoms with Crippen LogP contribution < -0.4 is 10.7 Å². The number of hydrogen-bond donors (Lipinski definition) is 3. The van der Waals surface area contributed by atoms with E-state index in [-0.39, 0.29) is 24.1 Å². The van der Waals surface area contributed by atoms with Gasteiger partial charge >= 0.3 is 0 Å². The van der Waals surface area contributed by atoms with Crippen molar-refractivity contribution in [3.63, 3.8) is 0 Å². The van der Waals surface area contributed by atoms with Crippen LogP contribution in [-0.4, -0.2) is 21.3 Å². The van der Waals surface area contributed by atoms with Gasteiger partial charge in [0.25, 0.3) is 0 Å². The Bertz CT molecular complexity index is 1160. The first kappa shape index (κ1) is 20.4. The standard InChI is InChI=1S/C25H26N6O/c1-16-11-12-19(17(2)14-16)22-15-21(20-10-6-7-13-26-20)27-24-23(25(32)30-31(22)24)29-28-18-8-4-3-5-9-18/h3-14,21-22,24,27,30,32H,15H2,1-2H3. The second-order valence-corrected chi connectivity index (χ2v) is 8.28. The van der Waals surface area contributed by atoms with Crippen molar-refractivity contribution in [2.24, 2.45) is 10.2 Å². The third-order valence-electron chi connectivity index (χ3n) is 6.03. The summed E-state index contributed by atoms with van der Waals surface area (Å²) in [6, 6.07) is 22.0. The quantitative estimate of drug-likeness (QED) is 0.504. The number of aliphatic hydroxyl groups excluding tert-OH is 1. The van der Waals surface area contributed by atoms with E-state index in [4.69, 9.17) is 0 Å². The molecule has 5 rings (SSSR count). The van der Waals surface area contributed by atoms with Crippen LogP contribution >= 0.6 is 0 Å². The molecule has 0 radical (unpaired) electrons. The third-order valence-corrected chi connectivity index (χ3v) is 6.03. The molecule has 7 heteroatoms. The molecule has 2 aliphatic rings. The number of hydrogen-bond acceptors (Lipinski definition) is 7. The van der Waals surface area contributed by atoms with Crippen molar-refractivity contribution in [1.82, 2.24) is 20.7 Å². The molecular weight excluding hydrogens is 400 g/mol. The Morgan fingerprint density at radius 3 is 2.56 bits per heavy atom. The highest BCUT2D eigenvalue weighted by Crippen LogP contribution is 2.41. The lowest BCUT2D eigenvalue weighted by molar-refractivity contribution is 0.0341. The largest absolute Gasteiger partial charge is 0.492 e. The second kappa shape index (κ2) is 8.53. The molecule has 162 valence electrons. The minimum Gasteiger partial charge on any atom is -0.492 e. The van der Waals surface area contributed by atoms with Gasteiger partial charge in [-0.25, -0.2) is 0 Å². The molecule has 7 nitrogen and oxygen atoms in total. The van der Waals surface area contributed by atoms with Gasteiger partial charge in [-0.05, 0) is 55.7 Å². The molecule has 1 fully saturated rings. The molecule has 32 heavy (non-hydrogen) atoms. The number of fused-ring (bicyclic) bond motifs is 1. The molecule has 3 heterocycles. The van der Waals surface area contributed by atoms with Gasteiger partial charge in [0.15, 0.2) is 5.70 Å². The number of rotatable bonds is 4. The number of hydrazine groups is 1. The van der Waals surface area contributed by atoms with Crippen molar-refractivity contribution in [2.75, 3.05) is 0 Å². The molecule has 3 atom stereocenters. The summed E-state index contributed by atoms with van der Waals surface area (Å²) >= 11 is 0. The van der Waals surface area contributed by atoms with E-state index in [9.17, 15) is 5.11 Å². The first-order valence-corrected chi connectivity index (χ1v) is 10.8. The number of aryl methyl sites for hydroxylation is 2. The Hall–Kier alpha value is -3.55. The topological polar surface area (TPSA) is 85.1 Å². The summed E-state index contributed by atoms with van der Waals surface area (Å²) < 4.78 is 0. The Kier molecular flexibility index (Phi) is 5.43. The molecule has 3 unspecified atom stereocenters. The summed E-state index contributed by atoms with van der Waals surface area (Å²) in [5, 5.41) is 25.2. The molecule has 0 amide bonds. The van der Waals surface area contributed by atoms with Crippen molar-refractivity contribution in [3.05, 3.63) is 107 Å². The lowest BCUT2D eigenvalue weighted by Gasteiger charge is -2.42. The highest BCUT2D eigenvalue weighted by atomic mass is 16.3. The summed E-state index contributed by atoms with van der Waals surface area (Å²) in [5.41, 5.74) is 8.95. The van der Waals surface area contributed by atoms with Crippen molar-refractivity contribution >= 4 is 5.69 Å².